The van der Waals surface area contributed by atoms with Crippen LogP contribution < -0.4 is 4.74 Å². The third-order valence-electron chi connectivity index (χ3n) is 7.53. The highest BCUT2D eigenvalue weighted by Crippen LogP contribution is 2.39. The van der Waals surface area contributed by atoms with Crippen molar-refractivity contribution in [1.82, 2.24) is 14.8 Å². The SMILES string of the molecule is Cc1cc(C)c(CN2CCc3c(Cl)cc(C(C)N4CCOCC4)c(Cl)c3C2=O)c(OCc2ccccc2)n1. The van der Waals surface area contributed by atoms with Gasteiger partial charge in [-0.05, 0) is 61.6 Å². The summed E-state index contributed by atoms with van der Waals surface area (Å²) >= 11 is 13.7. The minimum atomic E-state index is -0.108. The van der Waals surface area contributed by atoms with E-state index < -0.39 is 0 Å². The van der Waals surface area contributed by atoms with E-state index in [1.807, 2.05) is 61.2 Å². The molecule has 1 saturated heterocycles. The summed E-state index contributed by atoms with van der Waals surface area (Å²) in [5.74, 6) is 0.451. The first-order valence-electron chi connectivity index (χ1n) is 13.1. The molecule has 1 unspecified atom stereocenters. The molecule has 0 spiro atoms. The van der Waals surface area contributed by atoms with Crippen molar-refractivity contribution in [3.63, 3.8) is 0 Å². The minimum Gasteiger partial charge on any atom is -0.473 e. The Morgan fingerprint density at radius 2 is 1.82 bits per heavy atom. The van der Waals surface area contributed by atoms with Crippen LogP contribution in [0.1, 0.15) is 56.8 Å². The Morgan fingerprint density at radius 3 is 2.55 bits per heavy atom. The summed E-state index contributed by atoms with van der Waals surface area (Å²) in [5, 5.41) is 1.10. The van der Waals surface area contributed by atoms with Crippen molar-refractivity contribution < 1.29 is 14.3 Å². The second-order valence-electron chi connectivity index (χ2n) is 10.1. The Bertz CT molecular complexity index is 1330. The molecule has 3 aromatic rings. The van der Waals surface area contributed by atoms with Gasteiger partial charge in [-0.2, -0.15) is 0 Å². The number of hydrogen-bond acceptors (Lipinski definition) is 5. The van der Waals surface area contributed by atoms with Gasteiger partial charge in [-0.25, -0.2) is 4.98 Å². The lowest BCUT2D eigenvalue weighted by Crippen LogP contribution is -2.39. The predicted molar refractivity (Wildman–Crippen MR) is 150 cm³/mol. The quantitative estimate of drug-likeness (QED) is 0.350. The number of halogens is 2. The topological polar surface area (TPSA) is 54.9 Å². The van der Waals surface area contributed by atoms with Crippen molar-refractivity contribution in [2.24, 2.45) is 0 Å². The van der Waals surface area contributed by atoms with E-state index in [2.05, 4.69) is 16.8 Å². The van der Waals surface area contributed by atoms with Gasteiger partial charge in [0.2, 0.25) is 5.88 Å². The number of ether oxygens (including phenoxy) is 2. The third kappa shape index (κ3) is 5.55. The van der Waals surface area contributed by atoms with Crippen molar-refractivity contribution in [2.45, 2.75) is 46.4 Å². The number of rotatable bonds is 7. The second kappa shape index (κ2) is 11.6. The van der Waals surface area contributed by atoms with E-state index in [4.69, 9.17) is 32.7 Å². The Kier molecular flexibility index (Phi) is 8.24. The Hall–Kier alpha value is -2.64. The third-order valence-corrected chi connectivity index (χ3v) is 8.27. The van der Waals surface area contributed by atoms with Gasteiger partial charge in [-0.1, -0.05) is 53.5 Å². The number of pyridine rings is 1. The number of fused-ring (bicyclic) bond motifs is 1. The van der Waals surface area contributed by atoms with Crippen molar-refractivity contribution in [1.29, 1.82) is 0 Å². The monoisotopic (exact) mass is 553 g/mol. The molecule has 200 valence electrons. The fourth-order valence-electron chi connectivity index (χ4n) is 5.33. The first kappa shape index (κ1) is 26.9. The number of nitrogens with zero attached hydrogens (tertiary/aromatic N) is 3. The van der Waals surface area contributed by atoms with Crippen LogP contribution in [-0.2, 0) is 24.3 Å². The van der Waals surface area contributed by atoms with E-state index >= 15 is 0 Å². The van der Waals surface area contributed by atoms with Crippen molar-refractivity contribution in [2.75, 3.05) is 32.8 Å². The van der Waals surface area contributed by atoms with Gasteiger partial charge in [0.15, 0.2) is 0 Å². The van der Waals surface area contributed by atoms with Crippen LogP contribution >= 0.6 is 23.2 Å². The summed E-state index contributed by atoms with van der Waals surface area (Å²) in [6.07, 6.45) is 0.643. The largest absolute Gasteiger partial charge is 0.473 e. The molecular weight excluding hydrogens is 521 g/mol. The molecule has 0 N–H and O–H groups in total. The average molecular weight is 555 g/mol. The van der Waals surface area contributed by atoms with Crippen molar-refractivity contribution in [3.05, 3.63) is 91.6 Å². The van der Waals surface area contributed by atoms with E-state index in [1.54, 1.807) is 0 Å². The molecule has 5 rings (SSSR count). The number of carbonyl (C=O) groups is 1. The maximum Gasteiger partial charge on any atom is 0.256 e. The summed E-state index contributed by atoms with van der Waals surface area (Å²) < 4.78 is 11.7. The van der Waals surface area contributed by atoms with Crippen LogP contribution in [0.5, 0.6) is 5.88 Å². The summed E-state index contributed by atoms with van der Waals surface area (Å²) in [6.45, 7) is 10.4. The highest BCUT2D eigenvalue weighted by atomic mass is 35.5. The zero-order valence-corrected chi connectivity index (χ0v) is 23.6. The average Bonchev–Trinajstić information content (AvgIpc) is 2.92. The summed E-state index contributed by atoms with van der Waals surface area (Å²) in [5.41, 5.74) is 6.11. The molecule has 0 aliphatic carbocycles. The molecule has 2 aromatic carbocycles. The Morgan fingerprint density at radius 1 is 1.08 bits per heavy atom. The van der Waals surface area contributed by atoms with Gasteiger partial charge >= 0.3 is 0 Å². The molecule has 3 heterocycles. The summed E-state index contributed by atoms with van der Waals surface area (Å²) in [4.78, 5) is 22.7. The highest BCUT2D eigenvalue weighted by molar-refractivity contribution is 6.37. The van der Waals surface area contributed by atoms with E-state index in [0.717, 1.165) is 46.6 Å². The standard InChI is InChI=1S/C30H33Cl2N3O3/c1-19-15-20(2)33-29(38-18-22-7-5-4-6-8-22)25(19)17-35-10-9-23-26(31)16-24(28(32)27(23)30(35)36)21(3)34-11-13-37-14-12-34/h4-8,15-16,21H,9-14,17-18H2,1-3H3. The zero-order chi connectivity index (χ0) is 26.8. The molecule has 8 heteroatoms. The number of aromatic nitrogens is 1. The number of benzene rings is 2. The molecule has 38 heavy (non-hydrogen) atoms. The Labute approximate surface area is 234 Å². The lowest BCUT2D eigenvalue weighted by atomic mass is 9.93. The van der Waals surface area contributed by atoms with Crippen LogP contribution in [0.4, 0.5) is 0 Å². The van der Waals surface area contributed by atoms with Crippen molar-refractivity contribution in [3.8, 4) is 5.88 Å². The van der Waals surface area contributed by atoms with Gasteiger partial charge in [0.25, 0.3) is 5.91 Å². The van der Waals surface area contributed by atoms with Crippen LogP contribution in [0.25, 0.3) is 0 Å². The van der Waals surface area contributed by atoms with Crippen LogP contribution in [0, 0.1) is 13.8 Å². The van der Waals surface area contributed by atoms with Gasteiger partial charge in [0, 0.05) is 42.0 Å². The zero-order valence-electron chi connectivity index (χ0n) is 22.1. The van der Waals surface area contributed by atoms with Gasteiger partial charge in [-0.15, -0.1) is 0 Å². The first-order valence-corrected chi connectivity index (χ1v) is 13.8. The summed E-state index contributed by atoms with van der Waals surface area (Å²) in [7, 11) is 0. The van der Waals surface area contributed by atoms with Gasteiger partial charge in [0.1, 0.15) is 6.61 Å². The molecule has 0 saturated carbocycles. The number of morpholine rings is 1. The predicted octanol–water partition coefficient (Wildman–Crippen LogP) is 6.18. The van der Waals surface area contributed by atoms with Crippen LogP contribution in [0.15, 0.2) is 42.5 Å². The van der Waals surface area contributed by atoms with Gasteiger partial charge in [-0.3, -0.25) is 9.69 Å². The fraction of sp³-hybridized carbons (Fsp3) is 0.400. The Balaban J connectivity index is 1.42. The van der Waals surface area contributed by atoms with Crippen LogP contribution in [0.3, 0.4) is 0 Å². The molecule has 1 amide bonds. The molecule has 1 aromatic heterocycles. The molecular formula is C30H33Cl2N3O3. The normalized spacial score (nSPS) is 16.9. The van der Waals surface area contributed by atoms with E-state index in [0.29, 0.717) is 60.8 Å². The lowest BCUT2D eigenvalue weighted by molar-refractivity contribution is 0.0198. The molecule has 1 fully saturated rings. The molecule has 0 bridgehead atoms. The summed E-state index contributed by atoms with van der Waals surface area (Å²) in [6, 6.07) is 14.0. The first-order chi connectivity index (χ1) is 18.3. The van der Waals surface area contributed by atoms with E-state index in [1.165, 1.54) is 0 Å². The molecule has 1 atom stereocenters. The number of carbonyl (C=O) groups excluding carboxylic acids is 1. The number of aryl methyl sites for hydroxylation is 2. The van der Waals surface area contributed by atoms with E-state index in [-0.39, 0.29) is 11.9 Å². The molecule has 0 radical (unpaired) electrons. The molecule has 2 aliphatic heterocycles. The van der Waals surface area contributed by atoms with Crippen LogP contribution in [0.2, 0.25) is 10.0 Å². The number of hydrogen-bond donors (Lipinski definition) is 0. The molecule has 6 nitrogen and oxygen atoms in total. The fourth-order valence-corrected chi connectivity index (χ4v) is 6.04. The maximum absolute atomic E-state index is 13.9. The molecule has 2 aliphatic rings. The highest BCUT2D eigenvalue weighted by Gasteiger charge is 2.33. The van der Waals surface area contributed by atoms with Gasteiger partial charge < -0.3 is 14.4 Å². The van der Waals surface area contributed by atoms with Crippen LogP contribution in [-0.4, -0.2) is 53.5 Å². The second-order valence-corrected chi connectivity index (χ2v) is 10.8. The smallest absolute Gasteiger partial charge is 0.256 e. The van der Waals surface area contributed by atoms with Crippen molar-refractivity contribution >= 4 is 29.1 Å². The van der Waals surface area contributed by atoms with E-state index in [9.17, 15) is 4.79 Å². The van der Waals surface area contributed by atoms with Gasteiger partial charge in [0.05, 0.1) is 30.3 Å². The number of amides is 1. The lowest BCUT2D eigenvalue weighted by Gasteiger charge is -2.35. The maximum atomic E-state index is 13.9. The minimum absolute atomic E-state index is 0.0268.